The molecule has 4 rings (SSSR count). The molecule has 1 fully saturated rings. The third-order valence-electron chi connectivity index (χ3n) is 6.38. The molecule has 1 saturated heterocycles. The number of carbonyl (C=O) groups excluding carboxylic acids is 3. The number of rotatable bonds is 8. The number of nitrogens with one attached hydrogen (secondary N) is 2. The van der Waals surface area contributed by atoms with Crippen LogP contribution in [0.3, 0.4) is 0 Å². The van der Waals surface area contributed by atoms with Gasteiger partial charge >= 0.3 is 0 Å². The Morgan fingerprint density at radius 2 is 1.91 bits per heavy atom. The number of amides is 3. The van der Waals surface area contributed by atoms with Gasteiger partial charge in [0.15, 0.2) is 0 Å². The lowest BCUT2D eigenvalue weighted by molar-refractivity contribution is -0.136. The van der Waals surface area contributed by atoms with Crippen LogP contribution in [0.1, 0.15) is 53.2 Å². The molecule has 3 unspecified atom stereocenters. The van der Waals surface area contributed by atoms with Gasteiger partial charge in [-0.15, -0.1) is 0 Å². The summed E-state index contributed by atoms with van der Waals surface area (Å²) in [5.74, 6) is -0.812. The van der Waals surface area contributed by atoms with Gasteiger partial charge in [-0.25, -0.2) is 0 Å². The summed E-state index contributed by atoms with van der Waals surface area (Å²) < 4.78 is 0. The Bertz CT molecular complexity index is 1010. The topological polar surface area (TPSA) is 105 Å². The number of benzene rings is 2. The summed E-state index contributed by atoms with van der Waals surface area (Å²) in [5.41, 5.74) is 10.1. The molecule has 2 heterocycles. The van der Waals surface area contributed by atoms with Crippen molar-refractivity contribution in [3.63, 3.8) is 0 Å². The lowest BCUT2D eigenvalue weighted by atomic mass is 10.00. The minimum Gasteiger partial charge on any atom is -0.327 e. The van der Waals surface area contributed by atoms with E-state index >= 15 is 0 Å². The van der Waals surface area contributed by atoms with E-state index in [-0.39, 0.29) is 36.2 Å². The molecule has 2 aromatic carbocycles. The molecule has 0 aliphatic carbocycles. The van der Waals surface area contributed by atoms with E-state index in [1.807, 2.05) is 43.3 Å². The van der Waals surface area contributed by atoms with Crippen LogP contribution in [-0.4, -0.2) is 40.7 Å². The van der Waals surface area contributed by atoms with Gasteiger partial charge in [-0.1, -0.05) is 42.5 Å². The summed E-state index contributed by atoms with van der Waals surface area (Å²) >= 11 is 0. The summed E-state index contributed by atoms with van der Waals surface area (Å²) in [6.45, 7) is 3.06. The van der Waals surface area contributed by atoms with Crippen LogP contribution in [0.4, 0.5) is 0 Å². The molecule has 168 valence electrons. The van der Waals surface area contributed by atoms with E-state index in [0.29, 0.717) is 25.1 Å². The first kappa shape index (κ1) is 22.2. The van der Waals surface area contributed by atoms with E-state index in [4.69, 9.17) is 5.73 Å². The van der Waals surface area contributed by atoms with Crippen LogP contribution in [0, 0.1) is 0 Å². The van der Waals surface area contributed by atoms with E-state index < -0.39 is 6.04 Å². The zero-order valence-electron chi connectivity index (χ0n) is 18.3. The number of hydrogen-bond donors (Lipinski definition) is 3. The maximum atomic E-state index is 12.8. The van der Waals surface area contributed by atoms with Crippen molar-refractivity contribution in [3.8, 4) is 0 Å². The molecular formula is C25H30N4O3. The van der Waals surface area contributed by atoms with E-state index in [0.717, 1.165) is 24.0 Å². The minimum atomic E-state index is -0.588. The molecule has 32 heavy (non-hydrogen) atoms. The third-order valence-corrected chi connectivity index (χ3v) is 6.38. The van der Waals surface area contributed by atoms with E-state index in [1.165, 1.54) is 5.56 Å². The number of imide groups is 1. The molecule has 3 atom stereocenters. The number of nitrogens with two attached hydrogens (primary N) is 1. The summed E-state index contributed by atoms with van der Waals surface area (Å²) in [6.07, 6.45) is 2.53. The van der Waals surface area contributed by atoms with Gasteiger partial charge in [-0.05, 0) is 48.9 Å². The standard InChI is InChI=1S/C25H30N4O3/c1-16(26)21(10-8-17-5-3-2-4-6-17)27-14-18-7-9-20-19(13-18)15-29(25(20)32)22-11-12-23(30)28-24(22)31/h2-7,9,13,16,21-22,27H,8,10-12,14-15,26H2,1H3,(H,28,30,31). The molecule has 4 N–H and O–H groups in total. The van der Waals surface area contributed by atoms with Gasteiger partial charge in [0, 0.05) is 37.2 Å². The molecule has 7 heteroatoms. The number of carbonyl (C=O) groups is 3. The smallest absolute Gasteiger partial charge is 0.255 e. The van der Waals surface area contributed by atoms with Crippen molar-refractivity contribution in [1.29, 1.82) is 0 Å². The molecule has 7 nitrogen and oxygen atoms in total. The predicted molar refractivity (Wildman–Crippen MR) is 122 cm³/mol. The summed E-state index contributed by atoms with van der Waals surface area (Å²) in [6, 6.07) is 15.8. The maximum absolute atomic E-state index is 12.8. The first-order valence-corrected chi connectivity index (χ1v) is 11.2. The second-order valence-electron chi connectivity index (χ2n) is 8.76. The molecule has 0 aromatic heterocycles. The van der Waals surface area contributed by atoms with Crippen molar-refractivity contribution in [3.05, 3.63) is 70.8 Å². The lowest BCUT2D eigenvalue weighted by Crippen LogP contribution is -2.52. The highest BCUT2D eigenvalue weighted by molar-refractivity contribution is 6.05. The van der Waals surface area contributed by atoms with E-state index in [9.17, 15) is 14.4 Å². The highest BCUT2D eigenvalue weighted by atomic mass is 16.2. The fourth-order valence-corrected chi connectivity index (χ4v) is 4.50. The largest absolute Gasteiger partial charge is 0.327 e. The Balaban J connectivity index is 1.38. The fourth-order valence-electron chi connectivity index (χ4n) is 4.50. The van der Waals surface area contributed by atoms with Crippen molar-refractivity contribution in [2.24, 2.45) is 5.73 Å². The minimum absolute atomic E-state index is 0.0118. The van der Waals surface area contributed by atoms with Gasteiger partial charge < -0.3 is 16.0 Å². The molecule has 0 saturated carbocycles. The third kappa shape index (κ3) is 4.89. The zero-order valence-corrected chi connectivity index (χ0v) is 18.3. The van der Waals surface area contributed by atoms with Crippen molar-refractivity contribution < 1.29 is 14.4 Å². The molecular weight excluding hydrogens is 404 g/mol. The van der Waals surface area contributed by atoms with Crippen LogP contribution < -0.4 is 16.4 Å². The number of fused-ring (bicyclic) bond motifs is 1. The van der Waals surface area contributed by atoms with Crippen molar-refractivity contribution >= 4 is 17.7 Å². The number of nitrogens with zero attached hydrogens (tertiary/aromatic N) is 1. The maximum Gasteiger partial charge on any atom is 0.255 e. The molecule has 0 radical (unpaired) electrons. The van der Waals surface area contributed by atoms with Crippen LogP contribution in [0.2, 0.25) is 0 Å². The quantitative estimate of drug-likeness (QED) is 0.551. The van der Waals surface area contributed by atoms with Crippen LogP contribution in [0.15, 0.2) is 48.5 Å². The van der Waals surface area contributed by atoms with E-state index in [1.54, 1.807) is 4.90 Å². The van der Waals surface area contributed by atoms with Crippen LogP contribution >= 0.6 is 0 Å². The van der Waals surface area contributed by atoms with E-state index in [2.05, 4.69) is 22.8 Å². The highest BCUT2D eigenvalue weighted by Crippen LogP contribution is 2.28. The summed E-state index contributed by atoms with van der Waals surface area (Å²) in [4.78, 5) is 38.1. The van der Waals surface area contributed by atoms with Gasteiger partial charge in [0.2, 0.25) is 11.8 Å². The van der Waals surface area contributed by atoms with Gasteiger partial charge in [0.25, 0.3) is 5.91 Å². The Hall–Kier alpha value is -3.03. The van der Waals surface area contributed by atoms with Crippen LogP contribution in [-0.2, 0) is 29.1 Å². The number of hydrogen-bond acceptors (Lipinski definition) is 5. The number of piperidine rings is 1. The SMILES string of the molecule is CC(N)C(CCc1ccccc1)NCc1ccc2c(c1)CN(C1CCC(=O)NC1=O)C2=O. The summed E-state index contributed by atoms with van der Waals surface area (Å²) in [7, 11) is 0. The van der Waals surface area contributed by atoms with Gasteiger partial charge in [0.1, 0.15) is 6.04 Å². The normalized spacial score (nSPS) is 20.1. The van der Waals surface area contributed by atoms with Crippen molar-refractivity contribution in [2.75, 3.05) is 0 Å². The molecule has 2 aliphatic rings. The summed E-state index contributed by atoms with van der Waals surface area (Å²) in [5, 5.41) is 5.91. The molecule has 2 aliphatic heterocycles. The first-order chi connectivity index (χ1) is 15.4. The second-order valence-corrected chi connectivity index (χ2v) is 8.76. The zero-order chi connectivity index (χ0) is 22.7. The Kier molecular flexibility index (Phi) is 6.67. The average molecular weight is 435 g/mol. The average Bonchev–Trinajstić information content (AvgIpc) is 3.10. The van der Waals surface area contributed by atoms with Crippen molar-refractivity contribution in [2.45, 2.75) is 63.8 Å². The molecule has 2 aromatic rings. The Morgan fingerprint density at radius 1 is 1.12 bits per heavy atom. The predicted octanol–water partition coefficient (Wildman–Crippen LogP) is 1.89. The molecule has 0 spiro atoms. The lowest BCUT2D eigenvalue weighted by Gasteiger charge is -2.29. The van der Waals surface area contributed by atoms with Crippen LogP contribution in [0.25, 0.3) is 0 Å². The Morgan fingerprint density at radius 3 is 2.62 bits per heavy atom. The van der Waals surface area contributed by atoms with Crippen LogP contribution in [0.5, 0.6) is 0 Å². The Labute approximate surface area is 188 Å². The fraction of sp³-hybridized carbons (Fsp3) is 0.400. The molecule has 3 amide bonds. The number of aryl methyl sites for hydroxylation is 1. The van der Waals surface area contributed by atoms with Crippen molar-refractivity contribution in [1.82, 2.24) is 15.5 Å². The first-order valence-electron chi connectivity index (χ1n) is 11.2. The van der Waals surface area contributed by atoms with Gasteiger partial charge in [-0.2, -0.15) is 0 Å². The second kappa shape index (κ2) is 9.63. The molecule has 0 bridgehead atoms. The monoisotopic (exact) mass is 434 g/mol. The van der Waals surface area contributed by atoms with Gasteiger partial charge in [-0.3, -0.25) is 19.7 Å². The highest BCUT2D eigenvalue weighted by Gasteiger charge is 2.39. The van der Waals surface area contributed by atoms with Gasteiger partial charge in [0.05, 0.1) is 0 Å².